The van der Waals surface area contributed by atoms with Gasteiger partial charge in [-0.3, -0.25) is 4.79 Å². The van der Waals surface area contributed by atoms with Crippen LogP contribution in [0.4, 0.5) is 18.9 Å². The maximum atomic E-state index is 13.7. The van der Waals surface area contributed by atoms with Crippen LogP contribution in [0.25, 0.3) is 0 Å². The van der Waals surface area contributed by atoms with E-state index in [-0.39, 0.29) is 17.5 Å². The molecular formula is C23H26F3N3O2. The van der Waals surface area contributed by atoms with Crippen LogP contribution < -0.4 is 15.4 Å². The number of carbonyl (C=O) groups excluding carboxylic acids is 1. The fourth-order valence-corrected chi connectivity index (χ4v) is 4.22. The summed E-state index contributed by atoms with van der Waals surface area (Å²) in [7, 11) is 1.91. The summed E-state index contributed by atoms with van der Waals surface area (Å²) in [5, 5.41) is 5.89. The van der Waals surface area contributed by atoms with E-state index in [0.29, 0.717) is 31.0 Å². The largest absolute Gasteiger partial charge is 0.488 e. The Morgan fingerprint density at radius 1 is 1.23 bits per heavy atom. The van der Waals surface area contributed by atoms with E-state index in [1.54, 1.807) is 12.1 Å². The molecule has 31 heavy (non-hydrogen) atoms. The number of alkyl halides is 3. The van der Waals surface area contributed by atoms with Gasteiger partial charge in [0.2, 0.25) is 0 Å². The van der Waals surface area contributed by atoms with Gasteiger partial charge in [0.05, 0.1) is 5.56 Å². The van der Waals surface area contributed by atoms with Crippen molar-refractivity contribution < 1.29 is 22.7 Å². The summed E-state index contributed by atoms with van der Waals surface area (Å²) in [6.07, 6.45) is -4.19. The maximum Gasteiger partial charge on any atom is 0.420 e. The second-order valence-electron chi connectivity index (χ2n) is 8.40. The number of halogens is 3. The van der Waals surface area contributed by atoms with Crippen LogP contribution in [0.2, 0.25) is 0 Å². The third-order valence-electron chi connectivity index (χ3n) is 5.89. The lowest BCUT2D eigenvalue weighted by molar-refractivity contribution is -0.139. The lowest BCUT2D eigenvalue weighted by Crippen LogP contribution is -2.27. The zero-order chi connectivity index (χ0) is 22.2. The summed E-state index contributed by atoms with van der Waals surface area (Å²) in [5.41, 5.74) is 1.83. The van der Waals surface area contributed by atoms with Gasteiger partial charge in [-0.1, -0.05) is 13.0 Å². The van der Waals surface area contributed by atoms with Crippen molar-refractivity contribution in [3.63, 3.8) is 0 Å². The fourth-order valence-electron chi connectivity index (χ4n) is 4.22. The maximum absolute atomic E-state index is 13.7. The van der Waals surface area contributed by atoms with Crippen LogP contribution in [-0.2, 0) is 12.7 Å². The summed E-state index contributed by atoms with van der Waals surface area (Å²) >= 11 is 0. The van der Waals surface area contributed by atoms with Crippen molar-refractivity contribution in [2.45, 2.75) is 38.1 Å². The topological polar surface area (TPSA) is 53.6 Å². The zero-order valence-corrected chi connectivity index (χ0v) is 17.6. The number of likely N-dealkylation sites (tertiary alicyclic amines) is 1. The average Bonchev–Trinajstić information content (AvgIpc) is 3.13. The standard InChI is InChI=1S/C23H26F3N3O2/c1-14-11-27-12-16-9-15(3-5-19(14)16)22(30)28-17-4-6-21(20(10-17)23(24,25)26)31-18-7-8-29(2)13-18/h3-6,9-10,14,18,27H,7-8,11-13H2,1-2H3,(H,28,30)/t14-,18?/m0/s1. The Balaban J connectivity index is 1.53. The van der Waals surface area contributed by atoms with Gasteiger partial charge in [0, 0.05) is 37.4 Å². The number of carbonyl (C=O) groups is 1. The predicted octanol–water partition coefficient (Wildman–Crippen LogP) is 4.25. The SMILES string of the molecule is C[C@H]1CNCc2cc(C(=O)Nc3ccc(OC4CCN(C)C4)c(C(F)(F)F)c3)ccc21. The molecule has 166 valence electrons. The van der Waals surface area contributed by atoms with Crippen molar-refractivity contribution in [3.05, 3.63) is 58.7 Å². The fraction of sp³-hybridized carbons (Fsp3) is 0.435. The molecule has 5 nitrogen and oxygen atoms in total. The Bertz CT molecular complexity index is 977. The van der Waals surface area contributed by atoms with Crippen LogP contribution in [0.1, 0.15) is 46.3 Å². The van der Waals surface area contributed by atoms with Crippen molar-refractivity contribution >= 4 is 11.6 Å². The quantitative estimate of drug-likeness (QED) is 0.757. The van der Waals surface area contributed by atoms with Crippen LogP contribution in [-0.4, -0.2) is 43.6 Å². The highest BCUT2D eigenvalue weighted by Crippen LogP contribution is 2.39. The highest BCUT2D eigenvalue weighted by molar-refractivity contribution is 6.04. The Morgan fingerprint density at radius 3 is 2.74 bits per heavy atom. The number of benzene rings is 2. The Labute approximate surface area is 179 Å². The van der Waals surface area contributed by atoms with Gasteiger partial charge in [-0.15, -0.1) is 0 Å². The monoisotopic (exact) mass is 433 g/mol. The summed E-state index contributed by atoms with van der Waals surface area (Å²) in [5.74, 6) is -0.303. The van der Waals surface area contributed by atoms with Gasteiger partial charge < -0.3 is 20.3 Å². The minimum atomic E-state index is -4.59. The smallest absolute Gasteiger partial charge is 0.420 e. The van der Waals surface area contributed by atoms with Crippen LogP contribution in [0.5, 0.6) is 5.75 Å². The highest BCUT2D eigenvalue weighted by atomic mass is 19.4. The van der Waals surface area contributed by atoms with Gasteiger partial charge in [-0.05, 0) is 60.8 Å². The van der Waals surface area contributed by atoms with Gasteiger partial charge in [0.1, 0.15) is 11.9 Å². The molecule has 0 spiro atoms. The molecule has 2 aromatic rings. The number of fused-ring (bicyclic) bond motifs is 1. The van der Waals surface area contributed by atoms with E-state index in [9.17, 15) is 18.0 Å². The first-order valence-electron chi connectivity index (χ1n) is 10.4. The number of nitrogens with one attached hydrogen (secondary N) is 2. The van der Waals surface area contributed by atoms with Crippen molar-refractivity contribution in [1.29, 1.82) is 0 Å². The van der Waals surface area contributed by atoms with E-state index < -0.39 is 17.6 Å². The Kier molecular flexibility index (Phi) is 5.94. The second-order valence-corrected chi connectivity index (χ2v) is 8.40. The van der Waals surface area contributed by atoms with Gasteiger partial charge in [0.15, 0.2) is 0 Å². The van der Waals surface area contributed by atoms with Crippen molar-refractivity contribution in [2.75, 3.05) is 32.0 Å². The predicted molar refractivity (Wildman–Crippen MR) is 112 cm³/mol. The highest BCUT2D eigenvalue weighted by Gasteiger charge is 2.36. The summed E-state index contributed by atoms with van der Waals surface area (Å²) in [6.45, 7) is 5.03. The van der Waals surface area contributed by atoms with E-state index in [1.165, 1.54) is 17.7 Å². The molecule has 2 aromatic carbocycles. The molecule has 0 aromatic heterocycles. The minimum Gasteiger partial charge on any atom is -0.488 e. The van der Waals surface area contributed by atoms with Crippen LogP contribution in [0.3, 0.4) is 0 Å². The lowest BCUT2D eigenvalue weighted by Gasteiger charge is -2.24. The average molecular weight is 433 g/mol. The normalized spacial score (nSPS) is 21.6. The van der Waals surface area contributed by atoms with Crippen molar-refractivity contribution in [2.24, 2.45) is 0 Å². The number of nitrogens with zero attached hydrogens (tertiary/aromatic N) is 1. The number of hydrogen-bond donors (Lipinski definition) is 2. The molecule has 1 amide bonds. The molecule has 0 saturated carbocycles. The number of likely N-dealkylation sites (N-methyl/N-ethyl adjacent to an activating group) is 1. The number of hydrogen-bond acceptors (Lipinski definition) is 4. The first kappa shape index (κ1) is 21.6. The summed E-state index contributed by atoms with van der Waals surface area (Å²) in [6, 6.07) is 9.11. The molecule has 2 aliphatic rings. The molecule has 8 heteroatoms. The number of amides is 1. The van der Waals surface area contributed by atoms with Crippen molar-refractivity contribution in [1.82, 2.24) is 10.2 Å². The molecule has 2 atom stereocenters. The molecule has 4 rings (SSSR count). The third-order valence-corrected chi connectivity index (χ3v) is 5.89. The summed E-state index contributed by atoms with van der Waals surface area (Å²) in [4.78, 5) is 14.7. The molecule has 0 bridgehead atoms. The molecule has 0 radical (unpaired) electrons. The first-order valence-corrected chi connectivity index (χ1v) is 10.4. The van der Waals surface area contributed by atoms with Gasteiger partial charge in [-0.2, -0.15) is 13.2 Å². The third kappa shape index (κ3) is 4.85. The van der Waals surface area contributed by atoms with E-state index in [2.05, 4.69) is 17.6 Å². The van der Waals surface area contributed by atoms with E-state index >= 15 is 0 Å². The molecule has 2 heterocycles. The number of ether oxygens (including phenoxy) is 1. The van der Waals surface area contributed by atoms with Gasteiger partial charge in [-0.25, -0.2) is 0 Å². The minimum absolute atomic E-state index is 0.0810. The second kappa shape index (κ2) is 8.51. The molecule has 2 aliphatic heterocycles. The molecule has 1 fully saturated rings. The van der Waals surface area contributed by atoms with E-state index in [0.717, 1.165) is 24.7 Å². The molecule has 0 aliphatic carbocycles. The lowest BCUT2D eigenvalue weighted by atomic mass is 9.91. The van der Waals surface area contributed by atoms with E-state index in [1.807, 2.05) is 18.0 Å². The van der Waals surface area contributed by atoms with Crippen LogP contribution in [0.15, 0.2) is 36.4 Å². The Hall–Kier alpha value is -2.58. The Morgan fingerprint density at radius 2 is 2.03 bits per heavy atom. The van der Waals surface area contributed by atoms with E-state index in [4.69, 9.17) is 4.74 Å². The number of anilines is 1. The van der Waals surface area contributed by atoms with Gasteiger partial charge >= 0.3 is 6.18 Å². The van der Waals surface area contributed by atoms with Crippen LogP contribution >= 0.6 is 0 Å². The number of rotatable bonds is 4. The van der Waals surface area contributed by atoms with Gasteiger partial charge in [0.25, 0.3) is 5.91 Å². The zero-order valence-electron chi connectivity index (χ0n) is 17.6. The summed E-state index contributed by atoms with van der Waals surface area (Å²) < 4.78 is 46.6. The first-order chi connectivity index (χ1) is 14.7. The molecular weight excluding hydrogens is 407 g/mol. The molecule has 1 saturated heterocycles. The van der Waals surface area contributed by atoms with Crippen LogP contribution in [0, 0.1) is 0 Å². The van der Waals surface area contributed by atoms with Crippen molar-refractivity contribution in [3.8, 4) is 5.75 Å². The molecule has 2 N–H and O–H groups in total. The molecule has 1 unspecified atom stereocenters.